The Bertz CT molecular complexity index is 457. The Hall–Kier alpha value is -1.31. The van der Waals surface area contributed by atoms with E-state index in [1.807, 2.05) is 12.1 Å². The van der Waals surface area contributed by atoms with E-state index in [2.05, 4.69) is 24.1 Å². The van der Waals surface area contributed by atoms with Crippen molar-refractivity contribution < 1.29 is 9.90 Å². The fraction of sp³-hybridized carbons (Fsp3) is 0.562. The summed E-state index contributed by atoms with van der Waals surface area (Å²) in [7, 11) is 0. The molecule has 1 aromatic heterocycles. The number of amides is 1. The Morgan fingerprint density at radius 2 is 2.10 bits per heavy atom. The SMILES string of the molecule is CCCCCCCC(=O)NCc1ccc(C#CCO)s1. The first-order chi connectivity index (χ1) is 9.76. The van der Waals surface area contributed by atoms with Gasteiger partial charge in [0.15, 0.2) is 0 Å². The number of nitrogens with one attached hydrogen (secondary N) is 1. The minimum atomic E-state index is -0.123. The summed E-state index contributed by atoms with van der Waals surface area (Å²) in [5, 5.41) is 11.6. The van der Waals surface area contributed by atoms with Crippen molar-refractivity contribution >= 4 is 17.2 Å². The molecule has 0 aliphatic heterocycles. The first-order valence-corrected chi connectivity index (χ1v) is 8.03. The van der Waals surface area contributed by atoms with Crippen LogP contribution in [0.1, 0.15) is 55.2 Å². The normalized spacial score (nSPS) is 9.90. The molecule has 0 spiro atoms. The van der Waals surface area contributed by atoms with Crippen molar-refractivity contribution in [3.63, 3.8) is 0 Å². The number of carbonyl (C=O) groups excluding carboxylic acids is 1. The molecule has 0 fully saturated rings. The second-order valence-electron chi connectivity index (χ2n) is 4.67. The maximum Gasteiger partial charge on any atom is 0.220 e. The van der Waals surface area contributed by atoms with Gasteiger partial charge in [-0.1, -0.05) is 44.4 Å². The summed E-state index contributed by atoms with van der Waals surface area (Å²) >= 11 is 1.55. The number of thiophene rings is 1. The first kappa shape index (κ1) is 16.7. The lowest BCUT2D eigenvalue weighted by atomic mass is 10.1. The molecule has 0 radical (unpaired) electrons. The van der Waals surface area contributed by atoms with E-state index in [9.17, 15) is 4.79 Å². The minimum absolute atomic E-state index is 0.123. The lowest BCUT2D eigenvalue weighted by Crippen LogP contribution is -2.21. The lowest BCUT2D eigenvalue weighted by Gasteiger charge is -2.03. The third-order valence-corrected chi connectivity index (χ3v) is 3.92. The summed E-state index contributed by atoms with van der Waals surface area (Å²) in [5.74, 6) is 5.60. The van der Waals surface area contributed by atoms with Crippen LogP contribution in [0, 0.1) is 11.8 Å². The molecule has 1 heterocycles. The first-order valence-electron chi connectivity index (χ1n) is 7.21. The minimum Gasteiger partial charge on any atom is -0.384 e. The Morgan fingerprint density at radius 1 is 1.30 bits per heavy atom. The van der Waals surface area contributed by atoms with Gasteiger partial charge in [0.05, 0.1) is 11.4 Å². The highest BCUT2D eigenvalue weighted by atomic mass is 32.1. The zero-order valence-corrected chi connectivity index (χ0v) is 12.9. The molecular formula is C16H23NO2S. The molecule has 0 atom stereocenters. The van der Waals surface area contributed by atoms with E-state index in [0.717, 1.165) is 22.6 Å². The average molecular weight is 293 g/mol. The van der Waals surface area contributed by atoms with Gasteiger partial charge in [-0.15, -0.1) is 11.3 Å². The van der Waals surface area contributed by atoms with E-state index in [1.165, 1.54) is 19.3 Å². The molecule has 0 aromatic carbocycles. The van der Waals surface area contributed by atoms with Crippen LogP contribution in [0.2, 0.25) is 0 Å². The number of aliphatic hydroxyl groups is 1. The third kappa shape index (κ3) is 7.32. The second kappa shape index (κ2) is 10.5. The standard InChI is InChI=1S/C16H23NO2S/c1-2-3-4-5-6-9-16(19)17-13-15-11-10-14(20-15)8-7-12-18/h10-11,18H,2-6,9,12-13H2,1H3,(H,17,19). The molecule has 1 rings (SSSR count). The molecule has 0 aliphatic rings. The van der Waals surface area contributed by atoms with E-state index in [4.69, 9.17) is 5.11 Å². The maximum absolute atomic E-state index is 11.7. The molecule has 1 amide bonds. The molecular weight excluding hydrogens is 270 g/mol. The molecule has 0 unspecified atom stereocenters. The third-order valence-electron chi connectivity index (χ3n) is 2.92. The fourth-order valence-corrected chi connectivity index (χ4v) is 2.65. The van der Waals surface area contributed by atoms with Gasteiger partial charge < -0.3 is 10.4 Å². The zero-order chi connectivity index (χ0) is 14.6. The van der Waals surface area contributed by atoms with Gasteiger partial charge in [-0.05, 0) is 18.6 Å². The van der Waals surface area contributed by atoms with Crippen LogP contribution in [0.15, 0.2) is 12.1 Å². The van der Waals surface area contributed by atoms with Crippen LogP contribution < -0.4 is 5.32 Å². The number of unbranched alkanes of at least 4 members (excludes halogenated alkanes) is 4. The molecule has 0 aliphatic carbocycles. The van der Waals surface area contributed by atoms with Crippen molar-refractivity contribution in [1.29, 1.82) is 0 Å². The molecule has 110 valence electrons. The Labute approximate surface area is 125 Å². The summed E-state index contributed by atoms with van der Waals surface area (Å²) in [4.78, 5) is 13.7. The molecule has 4 heteroatoms. The predicted molar refractivity (Wildman–Crippen MR) is 83.5 cm³/mol. The largest absolute Gasteiger partial charge is 0.384 e. The second-order valence-corrected chi connectivity index (χ2v) is 5.84. The number of aliphatic hydroxyl groups excluding tert-OH is 1. The van der Waals surface area contributed by atoms with Crippen LogP contribution in [0.25, 0.3) is 0 Å². The monoisotopic (exact) mass is 293 g/mol. The lowest BCUT2D eigenvalue weighted by molar-refractivity contribution is -0.121. The molecule has 20 heavy (non-hydrogen) atoms. The van der Waals surface area contributed by atoms with Crippen LogP contribution in [0.5, 0.6) is 0 Å². The van der Waals surface area contributed by atoms with Gasteiger partial charge in [-0.25, -0.2) is 0 Å². The summed E-state index contributed by atoms with van der Waals surface area (Å²) in [5.41, 5.74) is 0. The predicted octanol–water partition coefficient (Wildman–Crippen LogP) is 3.07. The number of hydrogen-bond donors (Lipinski definition) is 2. The van der Waals surface area contributed by atoms with Gasteiger partial charge in [-0.3, -0.25) is 4.79 Å². The van der Waals surface area contributed by atoms with Crippen molar-refractivity contribution in [1.82, 2.24) is 5.32 Å². The van der Waals surface area contributed by atoms with E-state index < -0.39 is 0 Å². The van der Waals surface area contributed by atoms with Crippen molar-refractivity contribution in [2.24, 2.45) is 0 Å². The number of rotatable bonds is 8. The van der Waals surface area contributed by atoms with E-state index in [0.29, 0.717) is 13.0 Å². The van der Waals surface area contributed by atoms with Crippen LogP contribution in [0.4, 0.5) is 0 Å². The summed E-state index contributed by atoms with van der Waals surface area (Å²) in [6.45, 7) is 2.63. The van der Waals surface area contributed by atoms with Crippen molar-refractivity contribution in [2.45, 2.75) is 52.0 Å². The van der Waals surface area contributed by atoms with Gasteiger partial charge in [0.1, 0.15) is 6.61 Å². The molecule has 3 nitrogen and oxygen atoms in total. The topological polar surface area (TPSA) is 49.3 Å². The highest BCUT2D eigenvalue weighted by Crippen LogP contribution is 2.15. The Kier molecular flexibility index (Phi) is 8.77. The highest BCUT2D eigenvalue weighted by molar-refractivity contribution is 7.12. The molecule has 0 bridgehead atoms. The number of carbonyl (C=O) groups is 1. The van der Waals surface area contributed by atoms with Crippen LogP contribution in [-0.2, 0) is 11.3 Å². The van der Waals surface area contributed by atoms with Crippen LogP contribution in [-0.4, -0.2) is 17.6 Å². The van der Waals surface area contributed by atoms with Gasteiger partial charge in [-0.2, -0.15) is 0 Å². The quantitative estimate of drug-likeness (QED) is 0.571. The highest BCUT2D eigenvalue weighted by Gasteiger charge is 2.03. The average Bonchev–Trinajstić information content (AvgIpc) is 2.90. The van der Waals surface area contributed by atoms with E-state index >= 15 is 0 Å². The van der Waals surface area contributed by atoms with E-state index in [-0.39, 0.29) is 12.5 Å². The molecule has 2 N–H and O–H groups in total. The smallest absolute Gasteiger partial charge is 0.220 e. The zero-order valence-electron chi connectivity index (χ0n) is 12.1. The Morgan fingerprint density at radius 3 is 2.85 bits per heavy atom. The van der Waals surface area contributed by atoms with Crippen molar-refractivity contribution in [2.75, 3.05) is 6.61 Å². The summed E-state index contributed by atoms with van der Waals surface area (Å²) in [6, 6.07) is 3.88. The van der Waals surface area contributed by atoms with Gasteiger partial charge in [0.2, 0.25) is 5.91 Å². The molecule has 1 aromatic rings. The van der Waals surface area contributed by atoms with E-state index in [1.54, 1.807) is 11.3 Å². The summed E-state index contributed by atoms with van der Waals surface area (Å²) in [6.07, 6.45) is 6.44. The molecule has 0 saturated heterocycles. The fourth-order valence-electron chi connectivity index (χ4n) is 1.83. The number of hydrogen-bond acceptors (Lipinski definition) is 3. The van der Waals surface area contributed by atoms with Gasteiger partial charge in [0, 0.05) is 11.3 Å². The summed E-state index contributed by atoms with van der Waals surface area (Å²) < 4.78 is 0. The maximum atomic E-state index is 11.7. The van der Waals surface area contributed by atoms with Crippen LogP contribution in [0.3, 0.4) is 0 Å². The van der Waals surface area contributed by atoms with Crippen molar-refractivity contribution in [3.05, 3.63) is 21.9 Å². The van der Waals surface area contributed by atoms with Crippen molar-refractivity contribution in [3.8, 4) is 11.8 Å². The van der Waals surface area contributed by atoms with Gasteiger partial charge >= 0.3 is 0 Å². The van der Waals surface area contributed by atoms with Crippen LogP contribution >= 0.6 is 11.3 Å². The Balaban J connectivity index is 2.18. The molecule has 0 saturated carbocycles. The van der Waals surface area contributed by atoms with Gasteiger partial charge in [0.25, 0.3) is 0 Å².